The van der Waals surface area contributed by atoms with Crippen molar-refractivity contribution in [2.24, 2.45) is 5.92 Å². The number of fused-ring (bicyclic) bond motifs is 2. The summed E-state index contributed by atoms with van der Waals surface area (Å²) in [5.41, 5.74) is 0.773. The fourth-order valence-electron chi connectivity index (χ4n) is 4.20. The van der Waals surface area contributed by atoms with E-state index in [0.717, 1.165) is 18.5 Å². The minimum Gasteiger partial charge on any atom is -0.335 e. The highest BCUT2D eigenvalue weighted by molar-refractivity contribution is 6.30. The molecule has 2 aliphatic heterocycles. The number of hydrogen-bond donors (Lipinski definition) is 2. The predicted octanol–water partition coefficient (Wildman–Crippen LogP) is 4.50. The summed E-state index contributed by atoms with van der Waals surface area (Å²) in [6.45, 7) is 5.76. The SMILES string of the molecule is CC(C)CN1[C@@H]2CCC[C@@H]1CC(NC(=O)Nc1ccc(Cl)cc1)C2. The van der Waals surface area contributed by atoms with Crippen LogP contribution < -0.4 is 10.6 Å². The molecule has 1 aromatic carbocycles. The summed E-state index contributed by atoms with van der Waals surface area (Å²) in [5, 5.41) is 6.75. The van der Waals surface area contributed by atoms with Crippen LogP contribution in [0.1, 0.15) is 46.0 Å². The van der Waals surface area contributed by atoms with Gasteiger partial charge in [-0.1, -0.05) is 31.9 Å². The van der Waals surface area contributed by atoms with Crippen LogP contribution in [0.4, 0.5) is 10.5 Å². The van der Waals surface area contributed by atoms with Crippen molar-refractivity contribution < 1.29 is 4.79 Å². The molecule has 2 fully saturated rings. The van der Waals surface area contributed by atoms with Crippen molar-refractivity contribution in [3.05, 3.63) is 29.3 Å². The van der Waals surface area contributed by atoms with E-state index in [1.54, 1.807) is 12.1 Å². The molecule has 2 amide bonds. The third kappa shape index (κ3) is 4.42. The highest BCUT2D eigenvalue weighted by Crippen LogP contribution is 2.34. The van der Waals surface area contributed by atoms with Gasteiger partial charge in [0.15, 0.2) is 0 Å². The molecule has 1 aromatic rings. The van der Waals surface area contributed by atoms with E-state index in [9.17, 15) is 4.79 Å². The lowest BCUT2D eigenvalue weighted by Crippen LogP contribution is -2.58. The van der Waals surface area contributed by atoms with Gasteiger partial charge in [-0.25, -0.2) is 4.79 Å². The molecule has 0 spiro atoms. The van der Waals surface area contributed by atoms with Gasteiger partial charge in [-0.2, -0.15) is 0 Å². The van der Waals surface area contributed by atoms with Crippen LogP contribution in [0, 0.1) is 5.92 Å². The molecular formula is C19H28ClN3O. The highest BCUT2D eigenvalue weighted by atomic mass is 35.5. The summed E-state index contributed by atoms with van der Waals surface area (Å²) in [7, 11) is 0. The van der Waals surface area contributed by atoms with Crippen LogP contribution >= 0.6 is 11.6 Å². The number of urea groups is 1. The van der Waals surface area contributed by atoms with Gasteiger partial charge in [-0.3, -0.25) is 4.90 Å². The number of carbonyl (C=O) groups excluding carboxylic acids is 1. The summed E-state index contributed by atoms with van der Waals surface area (Å²) in [6, 6.07) is 8.62. The Morgan fingerprint density at radius 3 is 2.42 bits per heavy atom. The summed E-state index contributed by atoms with van der Waals surface area (Å²) in [6.07, 6.45) is 5.99. The average Bonchev–Trinajstić information content (AvgIpc) is 2.50. The Balaban J connectivity index is 1.55. The van der Waals surface area contributed by atoms with Crippen molar-refractivity contribution >= 4 is 23.3 Å². The van der Waals surface area contributed by atoms with E-state index < -0.39 is 0 Å². The number of nitrogens with zero attached hydrogens (tertiary/aromatic N) is 1. The Morgan fingerprint density at radius 1 is 1.21 bits per heavy atom. The molecule has 2 bridgehead atoms. The summed E-state index contributed by atoms with van der Waals surface area (Å²) in [5.74, 6) is 0.700. The maximum atomic E-state index is 12.3. The lowest BCUT2D eigenvalue weighted by atomic mass is 9.81. The lowest BCUT2D eigenvalue weighted by Gasteiger charge is -2.49. The second-order valence-corrected chi connectivity index (χ2v) is 8.04. The van der Waals surface area contributed by atoms with E-state index in [0.29, 0.717) is 23.0 Å². The lowest BCUT2D eigenvalue weighted by molar-refractivity contribution is 0.0180. The quantitative estimate of drug-likeness (QED) is 0.840. The minimum absolute atomic E-state index is 0.113. The molecule has 4 nitrogen and oxygen atoms in total. The molecule has 132 valence electrons. The van der Waals surface area contributed by atoms with Crippen molar-refractivity contribution in [2.75, 3.05) is 11.9 Å². The van der Waals surface area contributed by atoms with Crippen LogP contribution in [0.3, 0.4) is 0 Å². The summed E-state index contributed by atoms with van der Waals surface area (Å²) >= 11 is 5.87. The highest BCUT2D eigenvalue weighted by Gasteiger charge is 2.38. The molecule has 24 heavy (non-hydrogen) atoms. The maximum Gasteiger partial charge on any atom is 0.319 e. The molecular weight excluding hydrogens is 322 g/mol. The third-order valence-electron chi connectivity index (χ3n) is 5.14. The van der Waals surface area contributed by atoms with Gasteiger partial charge in [-0.15, -0.1) is 0 Å². The van der Waals surface area contributed by atoms with E-state index in [1.807, 2.05) is 12.1 Å². The van der Waals surface area contributed by atoms with Gasteiger partial charge in [0.25, 0.3) is 0 Å². The first-order valence-corrected chi connectivity index (χ1v) is 9.48. The maximum absolute atomic E-state index is 12.3. The van der Waals surface area contributed by atoms with Crippen molar-refractivity contribution in [1.82, 2.24) is 10.2 Å². The topological polar surface area (TPSA) is 44.4 Å². The number of nitrogens with one attached hydrogen (secondary N) is 2. The van der Waals surface area contributed by atoms with E-state index in [1.165, 1.54) is 25.8 Å². The fourth-order valence-corrected chi connectivity index (χ4v) is 4.33. The number of anilines is 1. The fraction of sp³-hybridized carbons (Fsp3) is 0.632. The molecule has 5 heteroatoms. The standard InChI is InChI=1S/C19H28ClN3O/c1-13(2)12-23-17-4-3-5-18(23)11-16(10-17)22-19(24)21-15-8-6-14(20)7-9-15/h6-9,13,16-18H,3-5,10-12H2,1-2H3,(H2,21,22,24)/t17-,18-/m1/s1. The van der Waals surface area contributed by atoms with Crippen LogP contribution in [0.2, 0.25) is 5.02 Å². The molecule has 2 saturated heterocycles. The second-order valence-electron chi connectivity index (χ2n) is 7.60. The van der Waals surface area contributed by atoms with Crippen molar-refractivity contribution in [3.63, 3.8) is 0 Å². The molecule has 2 atom stereocenters. The van der Waals surface area contributed by atoms with Crippen LogP contribution in [0.15, 0.2) is 24.3 Å². The van der Waals surface area contributed by atoms with Gasteiger partial charge in [0.2, 0.25) is 0 Å². The number of rotatable bonds is 4. The van der Waals surface area contributed by atoms with E-state index in [4.69, 9.17) is 11.6 Å². The molecule has 2 heterocycles. The first kappa shape index (κ1) is 17.6. The zero-order valence-corrected chi connectivity index (χ0v) is 15.4. The van der Waals surface area contributed by atoms with E-state index in [2.05, 4.69) is 29.4 Å². The molecule has 0 unspecified atom stereocenters. The molecule has 0 radical (unpaired) electrons. The van der Waals surface area contributed by atoms with E-state index in [-0.39, 0.29) is 12.1 Å². The largest absolute Gasteiger partial charge is 0.335 e. The first-order valence-electron chi connectivity index (χ1n) is 9.10. The molecule has 3 rings (SSSR count). The Morgan fingerprint density at radius 2 is 1.83 bits per heavy atom. The van der Waals surface area contributed by atoms with Crippen molar-refractivity contribution in [2.45, 2.75) is 64.1 Å². The predicted molar refractivity (Wildman–Crippen MR) is 99.6 cm³/mol. The zero-order chi connectivity index (χ0) is 17.1. The van der Waals surface area contributed by atoms with Gasteiger partial charge >= 0.3 is 6.03 Å². The first-order chi connectivity index (χ1) is 11.5. The van der Waals surface area contributed by atoms with Crippen LogP contribution in [0.5, 0.6) is 0 Å². The van der Waals surface area contributed by atoms with Gasteiger partial charge in [0, 0.05) is 35.4 Å². The smallest absolute Gasteiger partial charge is 0.319 e. The van der Waals surface area contributed by atoms with Gasteiger partial charge in [-0.05, 0) is 55.9 Å². The molecule has 0 saturated carbocycles. The summed E-state index contributed by atoms with van der Waals surface area (Å²) in [4.78, 5) is 15.0. The Bertz CT molecular complexity index is 546. The van der Waals surface area contributed by atoms with Crippen LogP contribution in [0.25, 0.3) is 0 Å². The second kappa shape index (κ2) is 7.75. The molecule has 0 aromatic heterocycles. The van der Waals surface area contributed by atoms with Crippen LogP contribution in [-0.4, -0.2) is 35.6 Å². The normalized spacial score (nSPS) is 27.1. The van der Waals surface area contributed by atoms with Crippen molar-refractivity contribution in [1.29, 1.82) is 0 Å². The number of hydrogen-bond acceptors (Lipinski definition) is 2. The van der Waals surface area contributed by atoms with Gasteiger partial charge < -0.3 is 10.6 Å². The number of piperidine rings is 2. The summed E-state index contributed by atoms with van der Waals surface area (Å²) < 4.78 is 0. The van der Waals surface area contributed by atoms with Gasteiger partial charge in [0.05, 0.1) is 0 Å². The monoisotopic (exact) mass is 349 g/mol. The zero-order valence-electron chi connectivity index (χ0n) is 14.6. The number of carbonyl (C=O) groups is 1. The molecule has 0 aliphatic carbocycles. The van der Waals surface area contributed by atoms with E-state index >= 15 is 0 Å². The Kier molecular flexibility index (Phi) is 5.67. The average molecular weight is 350 g/mol. The Labute approximate surface area is 149 Å². The molecule has 2 aliphatic rings. The minimum atomic E-state index is -0.113. The van der Waals surface area contributed by atoms with Gasteiger partial charge in [0.1, 0.15) is 0 Å². The number of halogens is 1. The number of benzene rings is 1. The molecule has 2 N–H and O–H groups in total. The van der Waals surface area contributed by atoms with Crippen LogP contribution in [-0.2, 0) is 0 Å². The number of amides is 2. The van der Waals surface area contributed by atoms with Crippen molar-refractivity contribution in [3.8, 4) is 0 Å². The third-order valence-corrected chi connectivity index (χ3v) is 5.39. The Hall–Kier alpha value is -1.26.